The molecule has 7 heteroatoms. The zero-order chi connectivity index (χ0) is 18.5. The van der Waals surface area contributed by atoms with Crippen LogP contribution in [0.3, 0.4) is 0 Å². The number of ether oxygens (including phenoxy) is 2. The molecular formula is C17H24N2O5. The molecule has 0 heterocycles. The van der Waals surface area contributed by atoms with Crippen LogP contribution in [-0.4, -0.2) is 34.3 Å². The molecule has 0 saturated heterocycles. The summed E-state index contributed by atoms with van der Waals surface area (Å²) in [5.41, 5.74) is 0.833. The van der Waals surface area contributed by atoms with E-state index in [9.17, 15) is 14.4 Å². The molecule has 0 bridgehead atoms. The molecule has 24 heavy (non-hydrogen) atoms. The number of carbonyl (C=O) groups excluding carboxylic acids is 3. The van der Waals surface area contributed by atoms with Gasteiger partial charge in [0.2, 0.25) is 0 Å². The molecule has 0 radical (unpaired) electrons. The Balaban J connectivity index is 2.98. The van der Waals surface area contributed by atoms with Crippen LogP contribution in [0.5, 0.6) is 0 Å². The first kappa shape index (κ1) is 19.5. The van der Waals surface area contributed by atoms with Crippen LogP contribution in [0.25, 0.3) is 0 Å². The third-order valence-corrected chi connectivity index (χ3v) is 2.40. The van der Waals surface area contributed by atoms with Gasteiger partial charge in [-0.3, -0.25) is 4.79 Å². The minimum absolute atomic E-state index is 0.287. The first-order valence-electron chi connectivity index (χ1n) is 7.51. The Labute approximate surface area is 141 Å². The monoisotopic (exact) mass is 336 g/mol. The molecule has 1 N–H and O–H groups in total. The van der Waals surface area contributed by atoms with Crippen molar-refractivity contribution >= 4 is 18.1 Å². The van der Waals surface area contributed by atoms with Crippen molar-refractivity contribution in [3.8, 4) is 0 Å². The van der Waals surface area contributed by atoms with E-state index in [0.717, 1.165) is 0 Å². The lowest BCUT2D eigenvalue weighted by molar-refractivity contribution is -0.00894. The van der Waals surface area contributed by atoms with Gasteiger partial charge in [-0.2, -0.15) is 0 Å². The summed E-state index contributed by atoms with van der Waals surface area (Å²) in [6, 6.07) is 8.19. The Morgan fingerprint density at radius 1 is 0.833 bits per heavy atom. The van der Waals surface area contributed by atoms with Crippen molar-refractivity contribution < 1.29 is 23.9 Å². The number of hydrazine groups is 1. The number of hydrogen-bond acceptors (Lipinski definition) is 5. The van der Waals surface area contributed by atoms with Crippen LogP contribution >= 0.6 is 0 Å². The quantitative estimate of drug-likeness (QED) is 0.793. The second kappa shape index (κ2) is 7.33. The SMILES string of the molecule is CC(C)(C)OC(=O)N(NC(=O)c1ccccc1)C(=O)OC(C)(C)C. The maximum atomic E-state index is 12.2. The average Bonchev–Trinajstić information content (AvgIpc) is 2.41. The summed E-state index contributed by atoms with van der Waals surface area (Å²) in [5, 5.41) is 0.436. The molecule has 0 aliphatic heterocycles. The van der Waals surface area contributed by atoms with Crippen LogP contribution in [0.15, 0.2) is 30.3 Å². The van der Waals surface area contributed by atoms with E-state index < -0.39 is 29.3 Å². The number of nitrogens with one attached hydrogen (secondary N) is 1. The topological polar surface area (TPSA) is 84.9 Å². The van der Waals surface area contributed by atoms with E-state index in [0.29, 0.717) is 5.01 Å². The summed E-state index contributed by atoms with van der Waals surface area (Å²) in [7, 11) is 0. The van der Waals surface area contributed by atoms with Gasteiger partial charge in [0.1, 0.15) is 11.2 Å². The van der Waals surface area contributed by atoms with Gasteiger partial charge < -0.3 is 9.47 Å². The molecular weight excluding hydrogens is 312 g/mol. The largest absolute Gasteiger partial charge is 0.442 e. The Kier molecular flexibility index (Phi) is 5.95. The van der Waals surface area contributed by atoms with Crippen molar-refractivity contribution in [1.29, 1.82) is 0 Å². The van der Waals surface area contributed by atoms with Crippen LogP contribution in [0.1, 0.15) is 51.9 Å². The second-order valence-corrected chi connectivity index (χ2v) is 7.10. The van der Waals surface area contributed by atoms with Crippen LogP contribution in [-0.2, 0) is 9.47 Å². The average molecular weight is 336 g/mol. The van der Waals surface area contributed by atoms with Gasteiger partial charge in [0, 0.05) is 5.56 Å². The van der Waals surface area contributed by atoms with Crippen LogP contribution in [0, 0.1) is 0 Å². The van der Waals surface area contributed by atoms with Crippen LogP contribution in [0.4, 0.5) is 9.59 Å². The highest BCUT2D eigenvalue weighted by atomic mass is 16.6. The molecule has 1 aromatic carbocycles. The molecule has 1 rings (SSSR count). The van der Waals surface area contributed by atoms with Crippen molar-refractivity contribution in [2.24, 2.45) is 0 Å². The molecule has 0 fully saturated rings. The highest BCUT2D eigenvalue weighted by molar-refractivity contribution is 5.98. The van der Waals surface area contributed by atoms with Crippen molar-refractivity contribution in [2.75, 3.05) is 0 Å². The van der Waals surface area contributed by atoms with Gasteiger partial charge >= 0.3 is 12.2 Å². The molecule has 132 valence electrons. The lowest BCUT2D eigenvalue weighted by Crippen LogP contribution is -2.53. The summed E-state index contributed by atoms with van der Waals surface area (Å²) in [6.07, 6.45) is -2.05. The molecule has 0 aliphatic rings. The zero-order valence-corrected chi connectivity index (χ0v) is 14.9. The van der Waals surface area contributed by atoms with Gasteiger partial charge in [-0.15, -0.1) is 5.01 Å². The van der Waals surface area contributed by atoms with E-state index in [2.05, 4.69) is 5.43 Å². The van der Waals surface area contributed by atoms with E-state index in [1.54, 1.807) is 71.9 Å². The Morgan fingerprint density at radius 2 is 1.25 bits per heavy atom. The minimum atomic E-state index is -1.03. The standard InChI is InChI=1S/C17H24N2O5/c1-16(2,3)23-14(21)19(15(22)24-17(4,5)6)18-13(20)12-10-8-7-9-11-12/h7-11H,1-6H3,(H,18,20). The van der Waals surface area contributed by atoms with Gasteiger partial charge in [0.25, 0.3) is 5.91 Å². The fraction of sp³-hybridized carbons (Fsp3) is 0.471. The summed E-state index contributed by atoms with van der Waals surface area (Å²) in [5.74, 6) is -0.632. The number of amides is 3. The van der Waals surface area contributed by atoms with Crippen molar-refractivity contribution in [3.63, 3.8) is 0 Å². The first-order chi connectivity index (χ1) is 10.9. The number of benzene rings is 1. The molecule has 0 saturated carbocycles. The molecule has 3 amide bonds. The smallest absolute Gasteiger partial charge is 0.439 e. The molecule has 1 aromatic rings. The van der Waals surface area contributed by atoms with Gasteiger partial charge in [0.05, 0.1) is 0 Å². The third kappa shape index (κ3) is 6.68. The Bertz CT molecular complexity index is 572. The highest BCUT2D eigenvalue weighted by Gasteiger charge is 2.33. The highest BCUT2D eigenvalue weighted by Crippen LogP contribution is 2.13. The lowest BCUT2D eigenvalue weighted by Gasteiger charge is -2.28. The molecule has 0 aromatic heterocycles. The van der Waals surface area contributed by atoms with E-state index >= 15 is 0 Å². The van der Waals surface area contributed by atoms with Gasteiger partial charge in [-0.05, 0) is 53.7 Å². The summed E-state index contributed by atoms with van der Waals surface area (Å²) in [6.45, 7) is 9.90. The predicted octanol–water partition coefficient (Wildman–Crippen LogP) is 3.50. The van der Waals surface area contributed by atoms with E-state index in [1.807, 2.05) is 0 Å². The molecule has 0 unspecified atom stereocenters. The minimum Gasteiger partial charge on any atom is -0.442 e. The van der Waals surface area contributed by atoms with Crippen LogP contribution in [0.2, 0.25) is 0 Å². The number of carbonyl (C=O) groups is 3. The maximum Gasteiger partial charge on any atom is 0.439 e. The van der Waals surface area contributed by atoms with Crippen molar-refractivity contribution in [1.82, 2.24) is 10.4 Å². The first-order valence-corrected chi connectivity index (χ1v) is 7.51. The van der Waals surface area contributed by atoms with Gasteiger partial charge in [-0.25, -0.2) is 15.0 Å². The van der Waals surface area contributed by atoms with Crippen molar-refractivity contribution in [3.05, 3.63) is 35.9 Å². The zero-order valence-electron chi connectivity index (χ0n) is 14.9. The third-order valence-electron chi connectivity index (χ3n) is 2.40. The molecule has 7 nitrogen and oxygen atoms in total. The number of imide groups is 1. The number of nitrogens with zero attached hydrogens (tertiary/aromatic N) is 1. The second-order valence-electron chi connectivity index (χ2n) is 7.10. The summed E-state index contributed by atoms with van der Waals surface area (Å²) < 4.78 is 10.3. The molecule has 0 spiro atoms. The molecule has 0 atom stereocenters. The van der Waals surface area contributed by atoms with Gasteiger partial charge in [0.15, 0.2) is 0 Å². The Morgan fingerprint density at radius 3 is 1.62 bits per heavy atom. The van der Waals surface area contributed by atoms with Crippen molar-refractivity contribution in [2.45, 2.75) is 52.7 Å². The lowest BCUT2D eigenvalue weighted by atomic mass is 10.2. The van der Waals surface area contributed by atoms with E-state index in [4.69, 9.17) is 9.47 Å². The van der Waals surface area contributed by atoms with Gasteiger partial charge in [-0.1, -0.05) is 18.2 Å². The Hall–Kier alpha value is -2.57. The fourth-order valence-corrected chi connectivity index (χ4v) is 1.54. The van der Waals surface area contributed by atoms with E-state index in [1.165, 1.54) is 0 Å². The summed E-state index contributed by atoms with van der Waals surface area (Å²) >= 11 is 0. The van der Waals surface area contributed by atoms with E-state index in [-0.39, 0.29) is 5.56 Å². The normalized spacial score (nSPS) is 11.4. The fourth-order valence-electron chi connectivity index (χ4n) is 1.54. The number of rotatable bonds is 1. The molecule has 0 aliphatic carbocycles. The maximum absolute atomic E-state index is 12.2. The summed E-state index contributed by atoms with van der Waals surface area (Å²) in [4.78, 5) is 36.7. The predicted molar refractivity (Wildman–Crippen MR) is 88.2 cm³/mol. The van der Waals surface area contributed by atoms with Crippen LogP contribution < -0.4 is 5.43 Å². The number of hydrogen-bond donors (Lipinski definition) is 1.